The van der Waals surface area contributed by atoms with Crippen LogP contribution < -0.4 is 5.73 Å². The number of nitrogens with zero attached hydrogens (tertiary/aromatic N) is 2. The minimum atomic E-state index is 0.548. The van der Waals surface area contributed by atoms with Crippen LogP contribution in [0.15, 0.2) is 30.3 Å². The van der Waals surface area contributed by atoms with Gasteiger partial charge < -0.3 is 5.73 Å². The molecular formula is C15H22N4. The summed E-state index contributed by atoms with van der Waals surface area (Å²) in [5.41, 5.74) is 9.38. The zero-order valence-corrected chi connectivity index (χ0v) is 11.7. The lowest BCUT2D eigenvalue weighted by molar-refractivity contribution is 0.315. The lowest BCUT2D eigenvalue weighted by atomic mass is 10.1. The van der Waals surface area contributed by atoms with E-state index in [4.69, 9.17) is 5.73 Å². The van der Waals surface area contributed by atoms with Gasteiger partial charge in [-0.3, -0.25) is 10.00 Å². The lowest BCUT2D eigenvalue weighted by Gasteiger charge is -2.15. The summed E-state index contributed by atoms with van der Waals surface area (Å²) in [5, 5.41) is 6.87. The number of anilines is 1. The van der Waals surface area contributed by atoms with E-state index in [0.29, 0.717) is 5.82 Å². The maximum absolute atomic E-state index is 5.59. The standard InChI is InChI=1S/C15H22N4/c1-3-4-12-5-7-13(8-6-12)10-19(2)11-14-9-15(16)18-17-14/h5-9H,3-4,10-11H2,1-2H3,(H3,16,17,18). The Morgan fingerprint density at radius 2 is 1.84 bits per heavy atom. The molecule has 0 spiro atoms. The average molecular weight is 258 g/mol. The fourth-order valence-corrected chi connectivity index (χ4v) is 2.22. The van der Waals surface area contributed by atoms with Gasteiger partial charge in [-0.1, -0.05) is 37.6 Å². The van der Waals surface area contributed by atoms with Crippen LogP contribution in [0.4, 0.5) is 5.82 Å². The molecule has 0 atom stereocenters. The van der Waals surface area contributed by atoms with E-state index in [1.54, 1.807) is 0 Å². The molecule has 1 aromatic heterocycles. The number of aromatic amines is 1. The quantitative estimate of drug-likeness (QED) is 0.837. The van der Waals surface area contributed by atoms with Gasteiger partial charge in [0.15, 0.2) is 0 Å². The van der Waals surface area contributed by atoms with Crippen molar-refractivity contribution in [1.29, 1.82) is 0 Å². The lowest BCUT2D eigenvalue weighted by Crippen LogP contribution is -2.17. The number of aryl methyl sites for hydroxylation is 1. The van der Waals surface area contributed by atoms with Crippen LogP contribution in [-0.4, -0.2) is 22.1 Å². The van der Waals surface area contributed by atoms with E-state index in [1.807, 2.05) is 6.07 Å². The molecule has 0 aliphatic heterocycles. The zero-order valence-electron chi connectivity index (χ0n) is 11.7. The molecule has 2 aromatic rings. The Balaban J connectivity index is 1.89. The molecule has 0 saturated carbocycles. The topological polar surface area (TPSA) is 57.9 Å². The first-order valence-corrected chi connectivity index (χ1v) is 6.73. The van der Waals surface area contributed by atoms with E-state index in [0.717, 1.165) is 25.2 Å². The van der Waals surface area contributed by atoms with Crippen LogP contribution in [0.2, 0.25) is 0 Å². The van der Waals surface area contributed by atoms with Crippen molar-refractivity contribution in [3.05, 3.63) is 47.2 Å². The Kier molecular flexibility index (Phi) is 4.58. The van der Waals surface area contributed by atoms with Gasteiger partial charge in [-0.2, -0.15) is 5.10 Å². The fourth-order valence-electron chi connectivity index (χ4n) is 2.22. The number of hydrogen-bond acceptors (Lipinski definition) is 3. The van der Waals surface area contributed by atoms with Crippen LogP contribution in [-0.2, 0) is 19.5 Å². The number of nitrogen functional groups attached to an aromatic ring is 1. The first-order valence-electron chi connectivity index (χ1n) is 6.73. The number of benzene rings is 1. The number of H-pyrrole nitrogens is 1. The van der Waals surface area contributed by atoms with Gasteiger partial charge in [0.1, 0.15) is 5.82 Å². The molecule has 4 heteroatoms. The second-order valence-corrected chi connectivity index (χ2v) is 5.06. The van der Waals surface area contributed by atoms with E-state index in [-0.39, 0.29) is 0 Å². The van der Waals surface area contributed by atoms with Gasteiger partial charge in [0.25, 0.3) is 0 Å². The van der Waals surface area contributed by atoms with Crippen LogP contribution in [0.1, 0.15) is 30.2 Å². The number of nitrogens with one attached hydrogen (secondary N) is 1. The van der Waals surface area contributed by atoms with Gasteiger partial charge >= 0.3 is 0 Å². The number of aromatic nitrogens is 2. The van der Waals surface area contributed by atoms with Crippen molar-refractivity contribution in [2.24, 2.45) is 0 Å². The first kappa shape index (κ1) is 13.6. The second kappa shape index (κ2) is 6.38. The van der Waals surface area contributed by atoms with Crippen molar-refractivity contribution in [3.63, 3.8) is 0 Å². The summed E-state index contributed by atoms with van der Waals surface area (Å²) in [6.45, 7) is 3.95. The molecule has 0 fully saturated rings. The SMILES string of the molecule is CCCc1ccc(CN(C)Cc2cc(N)n[nH]2)cc1. The third-order valence-corrected chi connectivity index (χ3v) is 3.11. The highest BCUT2D eigenvalue weighted by Crippen LogP contribution is 2.10. The van der Waals surface area contributed by atoms with Crippen LogP contribution in [0, 0.1) is 0 Å². The van der Waals surface area contributed by atoms with Gasteiger partial charge in [-0.25, -0.2) is 0 Å². The van der Waals surface area contributed by atoms with E-state index in [9.17, 15) is 0 Å². The predicted octanol–water partition coefficient (Wildman–Crippen LogP) is 2.58. The van der Waals surface area contributed by atoms with Crippen LogP contribution in [0.25, 0.3) is 0 Å². The van der Waals surface area contributed by atoms with Gasteiger partial charge in [-0.05, 0) is 24.6 Å². The van der Waals surface area contributed by atoms with E-state index in [1.165, 1.54) is 17.5 Å². The van der Waals surface area contributed by atoms with Crippen molar-refractivity contribution in [2.45, 2.75) is 32.9 Å². The molecule has 4 nitrogen and oxygen atoms in total. The molecule has 1 heterocycles. The average Bonchev–Trinajstić information content (AvgIpc) is 2.77. The Hall–Kier alpha value is -1.81. The van der Waals surface area contributed by atoms with Crippen LogP contribution in [0.5, 0.6) is 0 Å². The summed E-state index contributed by atoms with van der Waals surface area (Å²) < 4.78 is 0. The third-order valence-electron chi connectivity index (χ3n) is 3.11. The van der Waals surface area contributed by atoms with E-state index >= 15 is 0 Å². The minimum Gasteiger partial charge on any atom is -0.382 e. The molecule has 0 amide bonds. The summed E-state index contributed by atoms with van der Waals surface area (Å²) in [6, 6.07) is 10.7. The van der Waals surface area contributed by atoms with E-state index in [2.05, 4.69) is 53.3 Å². The normalized spacial score (nSPS) is 11.1. The summed E-state index contributed by atoms with van der Waals surface area (Å²) in [4.78, 5) is 2.24. The van der Waals surface area contributed by atoms with Crippen molar-refractivity contribution in [2.75, 3.05) is 12.8 Å². The molecule has 0 aliphatic carbocycles. The molecule has 1 aromatic carbocycles. The molecule has 0 bridgehead atoms. The van der Waals surface area contributed by atoms with Crippen molar-refractivity contribution in [1.82, 2.24) is 15.1 Å². The Morgan fingerprint density at radius 3 is 2.42 bits per heavy atom. The number of nitrogens with two attached hydrogens (primary N) is 1. The van der Waals surface area contributed by atoms with Crippen molar-refractivity contribution >= 4 is 5.82 Å². The predicted molar refractivity (Wildman–Crippen MR) is 78.6 cm³/mol. The smallest absolute Gasteiger partial charge is 0.145 e. The first-order chi connectivity index (χ1) is 9.17. The van der Waals surface area contributed by atoms with Gasteiger partial charge in [0.05, 0.1) is 5.69 Å². The van der Waals surface area contributed by atoms with Crippen molar-refractivity contribution < 1.29 is 0 Å². The third kappa shape index (κ3) is 4.10. The highest BCUT2D eigenvalue weighted by Gasteiger charge is 2.04. The fraction of sp³-hybridized carbons (Fsp3) is 0.400. The number of rotatable bonds is 6. The highest BCUT2D eigenvalue weighted by atomic mass is 15.2. The Bertz CT molecular complexity index is 501. The van der Waals surface area contributed by atoms with Gasteiger partial charge in [-0.15, -0.1) is 0 Å². The molecular weight excluding hydrogens is 236 g/mol. The highest BCUT2D eigenvalue weighted by molar-refractivity contribution is 5.28. The molecule has 102 valence electrons. The maximum atomic E-state index is 5.59. The van der Waals surface area contributed by atoms with Crippen molar-refractivity contribution in [3.8, 4) is 0 Å². The molecule has 19 heavy (non-hydrogen) atoms. The molecule has 0 unspecified atom stereocenters. The summed E-state index contributed by atoms with van der Waals surface area (Å²) in [5.74, 6) is 0.548. The maximum Gasteiger partial charge on any atom is 0.145 e. The van der Waals surface area contributed by atoms with E-state index < -0.39 is 0 Å². The molecule has 0 radical (unpaired) electrons. The summed E-state index contributed by atoms with van der Waals surface area (Å²) in [7, 11) is 2.09. The van der Waals surface area contributed by atoms with Gasteiger partial charge in [0.2, 0.25) is 0 Å². The second-order valence-electron chi connectivity index (χ2n) is 5.06. The molecule has 0 saturated heterocycles. The van der Waals surface area contributed by atoms with Crippen LogP contribution in [0.3, 0.4) is 0 Å². The number of hydrogen-bond donors (Lipinski definition) is 2. The van der Waals surface area contributed by atoms with Gasteiger partial charge in [0, 0.05) is 19.2 Å². The van der Waals surface area contributed by atoms with Crippen LogP contribution >= 0.6 is 0 Å². The minimum absolute atomic E-state index is 0.548. The molecule has 2 rings (SSSR count). The molecule has 0 aliphatic rings. The molecule has 3 N–H and O–H groups in total. The zero-order chi connectivity index (χ0) is 13.7. The monoisotopic (exact) mass is 258 g/mol. The summed E-state index contributed by atoms with van der Waals surface area (Å²) in [6.07, 6.45) is 2.35. The Labute approximate surface area is 114 Å². The Morgan fingerprint density at radius 1 is 1.16 bits per heavy atom. The summed E-state index contributed by atoms with van der Waals surface area (Å²) >= 11 is 0. The largest absolute Gasteiger partial charge is 0.382 e.